The van der Waals surface area contributed by atoms with Gasteiger partial charge in [-0.2, -0.15) is 0 Å². The normalized spacial score (nSPS) is 15.4. The van der Waals surface area contributed by atoms with Crippen molar-refractivity contribution in [2.75, 3.05) is 28.1 Å². The summed E-state index contributed by atoms with van der Waals surface area (Å²) in [5.74, 6) is -0.543. The van der Waals surface area contributed by atoms with Gasteiger partial charge in [-0.25, -0.2) is 4.79 Å². The van der Waals surface area contributed by atoms with E-state index in [9.17, 15) is 9.59 Å². The van der Waals surface area contributed by atoms with Gasteiger partial charge in [0.05, 0.1) is 19.3 Å². The minimum absolute atomic E-state index is 0.0591. The van der Waals surface area contributed by atoms with Crippen molar-refractivity contribution in [2.24, 2.45) is 0 Å². The lowest BCUT2D eigenvalue weighted by Crippen LogP contribution is -2.45. The third-order valence-electron chi connectivity index (χ3n) is 4.64. The summed E-state index contributed by atoms with van der Waals surface area (Å²) in [5, 5.41) is 0. The Labute approximate surface area is 152 Å². The van der Waals surface area contributed by atoms with Gasteiger partial charge in [0, 0.05) is 27.1 Å². The Hall–Kier alpha value is -0.803. The van der Waals surface area contributed by atoms with E-state index in [1.54, 1.807) is 0 Å². The molecule has 0 aromatic carbocycles. The Kier molecular flexibility index (Phi) is 13.0. The van der Waals surface area contributed by atoms with E-state index in [4.69, 9.17) is 23.4 Å². The molecule has 0 spiro atoms. The number of aldehydes is 1. The van der Waals surface area contributed by atoms with Crippen molar-refractivity contribution >= 4 is 20.6 Å². The molecule has 7 nitrogen and oxygen atoms in total. The third-order valence-corrected chi connectivity index (χ3v) is 9.34. The first-order valence-electron chi connectivity index (χ1n) is 8.79. The maximum absolute atomic E-state index is 12.0. The van der Waals surface area contributed by atoms with Crippen molar-refractivity contribution in [3.8, 4) is 0 Å². The molecule has 0 bridgehead atoms. The number of rotatable bonds is 15. The van der Waals surface area contributed by atoms with Crippen molar-refractivity contribution in [1.29, 1.82) is 0 Å². The highest BCUT2D eigenvalue weighted by molar-refractivity contribution is 6.73. The van der Waals surface area contributed by atoms with E-state index in [1.165, 1.54) is 21.3 Å². The van der Waals surface area contributed by atoms with Crippen LogP contribution in [0, 0.1) is 0 Å². The molecule has 0 aromatic rings. The Balaban J connectivity index is 5.24. The van der Waals surface area contributed by atoms with Crippen LogP contribution in [0.15, 0.2) is 0 Å². The summed E-state index contributed by atoms with van der Waals surface area (Å²) < 4.78 is 27.0. The first-order valence-corrected chi connectivity index (χ1v) is 11.3. The van der Waals surface area contributed by atoms with Gasteiger partial charge in [0.2, 0.25) is 0 Å². The fourth-order valence-corrected chi connectivity index (χ4v) is 5.74. The summed E-state index contributed by atoms with van der Waals surface area (Å²) >= 11 is 0. The molecular formula is C17H34O7Si. The smallest absolute Gasteiger partial charge is 0.337 e. The highest BCUT2D eigenvalue weighted by Gasteiger charge is 2.36. The van der Waals surface area contributed by atoms with Crippen LogP contribution in [0.5, 0.6) is 0 Å². The summed E-state index contributed by atoms with van der Waals surface area (Å²) in [6.07, 6.45) is -0.369. The predicted molar refractivity (Wildman–Crippen MR) is 96.9 cm³/mol. The molecule has 0 saturated carbocycles. The Morgan fingerprint density at radius 1 is 1.08 bits per heavy atom. The number of carbonyl (C=O) groups excluding carboxylic acids is 2. The van der Waals surface area contributed by atoms with Crippen LogP contribution in [0.3, 0.4) is 0 Å². The second-order valence-electron chi connectivity index (χ2n) is 5.91. The lowest BCUT2D eigenvalue weighted by Gasteiger charge is -2.35. The van der Waals surface area contributed by atoms with Gasteiger partial charge in [-0.1, -0.05) is 20.8 Å². The van der Waals surface area contributed by atoms with E-state index in [-0.39, 0.29) is 19.3 Å². The largest absolute Gasteiger partial charge is 0.467 e. The van der Waals surface area contributed by atoms with E-state index in [0.717, 1.165) is 24.4 Å². The molecule has 0 saturated heterocycles. The number of ether oxygens (including phenoxy) is 4. The Morgan fingerprint density at radius 3 is 2.08 bits per heavy atom. The third kappa shape index (κ3) is 7.95. The molecule has 0 aliphatic carbocycles. The van der Waals surface area contributed by atoms with Gasteiger partial charge in [0.1, 0.15) is 13.1 Å². The summed E-state index contributed by atoms with van der Waals surface area (Å²) in [4.78, 5) is 23.1. The second-order valence-corrected chi connectivity index (χ2v) is 10.6. The maximum atomic E-state index is 12.0. The molecule has 8 heteroatoms. The van der Waals surface area contributed by atoms with Crippen molar-refractivity contribution in [3.05, 3.63) is 0 Å². The molecule has 0 N–H and O–H groups in total. The van der Waals surface area contributed by atoms with Crippen LogP contribution >= 0.6 is 0 Å². The van der Waals surface area contributed by atoms with Gasteiger partial charge in [0.15, 0.2) is 14.4 Å². The zero-order valence-corrected chi connectivity index (χ0v) is 17.4. The van der Waals surface area contributed by atoms with Crippen molar-refractivity contribution in [1.82, 2.24) is 0 Å². The second kappa shape index (κ2) is 13.4. The Morgan fingerprint density at radius 2 is 1.68 bits per heavy atom. The standard InChI is InChI=1S/C17H34O7Si/c1-7-25(8-2,9-3)24-14(10-11-18)12-15(21-5)16(17(19)22-6)23-13-20-4/h11,14-16H,7-10,12-13H2,1-6H3/t14-,15-,16+/m1/s1. The molecule has 0 aromatic heterocycles. The maximum Gasteiger partial charge on any atom is 0.337 e. The van der Waals surface area contributed by atoms with Crippen LogP contribution in [-0.4, -0.2) is 67.0 Å². The molecule has 0 rings (SSSR count). The number of carbonyl (C=O) groups is 2. The highest BCUT2D eigenvalue weighted by Crippen LogP contribution is 2.27. The van der Waals surface area contributed by atoms with Crippen LogP contribution < -0.4 is 0 Å². The van der Waals surface area contributed by atoms with Crippen LogP contribution in [0.1, 0.15) is 33.6 Å². The van der Waals surface area contributed by atoms with E-state index in [0.29, 0.717) is 6.42 Å². The van der Waals surface area contributed by atoms with E-state index in [2.05, 4.69) is 20.8 Å². The van der Waals surface area contributed by atoms with Gasteiger partial charge in [-0.05, 0) is 18.1 Å². The van der Waals surface area contributed by atoms with E-state index < -0.39 is 26.5 Å². The molecule has 25 heavy (non-hydrogen) atoms. The molecule has 0 unspecified atom stereocenters. The van der Waals surface area contributed by atoms with Gasteiger partial charge >= 0.3 is 5.97 Å². The molecule has 0 radical (unpaired) electrons. The quantitative estimate of drug-likeness (QED) is 0.187. The van der Waals surface area contributed by atoms with Crippen LogP contribution in [-0.2, 0) is 33.0 Å². The zero-order chi connectivity index (χ0) is 19.3. The zero-order valence-electron chi connectivity index (χ0n) is 16.4. The minimum Gasteiger partial charge on any atom is -0.467 e. The number of hydrogen-bond donors (Lipinski definition) is 0. The highest BCUT2D eigenvalue weighted by atomic mass is 28.4. The SMILES string of the molecule is CC[Si](CC)(CC)O[C@H](CC=O)C[C@@H](OC)[C@H](OCOC)C(=O)OC. The Bertz CT molecular complexity index is 366. The summed E-state index contributed by atoms with van der Waals surface area (Å²) in [6.45, 7) is 6.33. The average Bonchev–Trinajstić information content (AvgIpc) is 2.64. The fraction of sp³-hybridized carbons (Fsp3) is 0.882. The molecule has 0 amide bonds. The van der Waals surface area contributed by atoms with Crippen LogP contribution in [0.25, 0.3) is 0 Å². The number of hydrogen-bond acceptors (Lipinski definition) is 7. The van der Waals surface area contributed by atoms with Gasteiger partial charge in [-0.3, -0.25) is 0 Å². The van der Waals surface area contributed by atoms with Crippen LogP contribution in [0.2, 0.25) is 18.1 Å². The fourth-order valence-electron chi connectivity index (χ4n) is 2.84. The van der Waals surface area contributed by atoms with E-state index >= 15 is 0 Å². The average molecular weight is 379 g/mol. The van der Waals surface area contributed by atoms with Crippen molar-refractivity contribution in [3.63, 3.8) is 0 Å². The molecule has 3 atom stereocenters. The number of methoxy groups -OCH3 is 3. The molecule has 0 aliphatic rings. The van der Waals surface area contributed by atoms with Crippen LogP contribution in [0.4, 0.5) is 0 Å². The monoisotopic (exact) mass is 378 g/mol. The van der Waals surface area contributed by atoms with Gasteiger partial charge in [-0.15, -0.1) is 0 Å². The number of esters is 1. The molecular weight excluding hydrogens is 344 g/mol. The van der Waals surface area contributed by atoms with Gasteiger partial charge < -0.3 is 28.2 Å². The molecule has 0 aliphatic heterocycles. The molecule has 0 heterocycles. The summed E-state index contributed by atoms with van der Waals surface area (Å²) in [7, 11) is 2.37. The lowest BCUT2D eigenvalue weighted by atomic mass is 10.0. The first kappa shape index (κ1) is 24.2. The summed E-state index contributed by atoms with van der Waals surface area (Å²) in [5.41, 5.74) is 0. The molecule has 0 fully saturated rings. The lowest BCUT2D eigenvalue weighted by molar-refractivity contribution is -0.178. The first-order chi connectivity index (χ1) is 12.0. The van der Waals surface area contributed by atoms with Crippen molar-refractivity contribution in [2.45, 2.75) is 70.1 Å². The van der Waals surface area contributed by atoms with E-state index in [1.807, 2.05) is 0 Å². The predicted octanol–water partition coefficient (Wildman–Crippen LogP) is 2.53. The van der Waals surface area contributed by atoms with Crippen molar-refractivity contribution < 1.29 is 33.0 Å². The molecule has 148 valence electrons. The minimum atomic E-state index is -1.89. The summed E-state index contributed by atoms with van der Waals surface area (Å²) in [6, 6.07) is 2.94. The topological polar surface area (TPSA) is 80.3 Å². The van der Waals surface area contributed by atoms with Gasteiger partial charge in [0.25, 0.3) is 0 Å².